The van der Waals surface area contributed by atoms with E-state index in [-0.39, 0.29) is 23.5 Å². The van der Waals surface area contributed by atoms with Gasteiger partial charge in [-0.2, -0.15) is 0 Å². The fourth-order valence-electron chi connectivity index (χ4n) is 3.00. The second-order valence-electron chi connectivity index (χ2n) is 6.55. The molecular weight excluding hydrogens is 336 g/mol. The van der Waals surface area contributed by atoms with Crippen LogP contribution in [0.1, 0.15) is 47.4 Å². The summed E-state index contributed by atoms with van der Waals surface area (Å²) in [5.41, 5.74) is 2.21. The Morgan fingerprint density at radius 3 is 2.58 bits per heavy atom. The van der Waals surface area contributed by atoms with Gasteiger partial charge in [0.15, 0.2) is 17.3 Å². The van der Waals surface area contributed by atoms with Crippen molar-refractivity contribution in [2.45, 2.75) is 32.3 Å². The van der Waals surface area contributed by atoms with Gasteiger partial charge in [-0.3, -0.25) is 4.79 Å². The van der Waals surface area contributed by atoms with Gasteiger partial charge in [0.25, 0.3) is 0 Å². The zero-order valence-electron chi connectivity index (χ0n) is 14.3. The van der Waals surface area contributed by atoms with Crippen molar-refractivity contribution in [3.8, 4) is 28.7 Å². The maximum Gasteiger partial charge on any atom is 0.201 e. The topological polar surface area (TPSA) is 107 Å². The van der Waals surface area contributed by atoms with E-state index >= 15 is 0 Å². The van der Waals surface area contributed by atoms with Crippen LogP contribution < -0.4 is 4.74 Å². The lowest BCUT2D eigenvalue weighted by atomic mass is 9.93. The summed E-state index contributed by atoms with van der Waals surface area (Å²) in [4.78, 5) is 12.4. The second-order valence-corrected chi connectivity index (χ2v) is 6.55. The molecule has 136 valence electrons. The summed E-state index contributed by atoms with van der Waals surface area (Å²) in [7, 11) is 0. The molecule has 1 aliphatic rings. The van der Waals surface area contributed by atoms with E-state index in [0.717, 1.165) is 11.6 Å². The number of hydrogen-bond acceptors (Lipinski definition) is 6. The van der Waals surface area contributed by atoms with Gasteiger partial charge in [0.1, 0.15) is 23.2 Å². The van der Waals surface area contributed by atoms with Crippen LogP contribution in [-0.4, -0.2) is 26.2 Å². The van der Waals surface area contributed by atoms with Crippen molar-refractivity contribution < 1.29 is 30.0 Å². The molecule has 0 saturated heterocycles. The Morgan fingerprint density at radius 2 is 1.88 bits per heavy atom. The summed E-state index contributed by atoms with van der Waals surface area (Å²) < 4.78 is 5.71. The molecule has 1 aliphatic heterocycles. The third-order valence-corrected chi connectivity index (χ3v) is 4.42. The largest absolute Gasteiger partial charge is 0.508 e. The quantitative estimate of drug-likeness (QED) is 0.378. The number of fused-ring (bicyclic) bond motifs is 1. The third kappa shape index (κ3) is 3.18. The fourth-order valence-corrected chi connectivity index (χ4v) is 3.00. The summed E-state index contributed by atoms with van der Waals surface area (Å²) in [6.45, 7) is 5.75. The summed E-state index contributed by atoms with van der Waals surface area (Å²) in [5, 5.41) is 39.6. The summed E-state index contributed by atoms with van der Waals surface area (Å²) in [5.74, 6) is -2.08. The number of aryl methyl sites for hydroxylation is 1. The Bertz CT molecular complexity index is 900. The van der Waals surface area contributed by atoms with Crippen LogP contribution in [0.15, 0.2) is 36.4 Å². The number of carbonyl (C=O) groups excluding carboxylic acids is 1. The molecule has 2 aromatic rings. The third-order valence-electron chi connectivity index (χ3n) is 4.42. The van der Waals surface area contributed by atoms with E-state index in [9.17, 15) is 25.2 Å². The molecule has 1 atom stereocenters. The normalized spacial score (nSPS) is 16.0. The molecule has 6 heteroatoms. The number of hydrogen-bond donors (Lipinski definition) is 4. The number of ether oxygens (including phenoxy) is 1. The average Bonchev–Trinajstić information content (AvgIpc) is 2.58. The molecule has 3 rings (SSSR count). The van der Waals surface area contributed by atoms with Crippen molar-refractivity contribution in [2.75, 3.05) is 0 Å². The van der Waals surface area contributed by atoms with Crippen LogP contribution in [0.5, 0.6) is 28.7 Å². The van der Waals surface area contributed by atoms with Crippen LogP contribution in [0, 0.1) is 0 Å². The molecule has 0 fully saturated rings. The van der Waals surface area contributed by atoms with Gasteiger partial charge in [-0.25, -0.2) is 0 Å². The number of carbonyl (C=O) groups is 1. The second kappa shape index (κ2) is 6.63. The zero-order chi connectivity index (χ0) is 19.0. The van der Waals surface area contributed by atoms with Crippen molar-refractivity contribution in [3.63, 3.8) is 0 Å². The van der Waals surface area contributed by atoms with E-state index in [4.69, 9.17) is 4.74 Å². The van der Waals surface area contributed by atoms with Crippen LogP contribution in [0.25, 0.3) is 0 Å². The van der Waals surface area contributed by atoms with Gasteiger partial charge >= 0.3 is 0 Å². The Hall–Kier alpha value is -3.15. The minimum absolute atomic E-state index is 0.0323. The Balaban J connectivity index is 1.96. The Labute approximate surface area is 150 Å². The molecule has 0 spiro atoms. The molecule has 0 bridgehead atoms. The van der Waals surface area contributed by atoms with Crippen molar-refractivity contribution >= 4 is 5.78 Å². The highest BCUT2D eigenvalue weighted by Gasteiger charge is 2.34. The van der Waals surface area contributed by atoms with E-state index in [1.807, 2.05) is 6.92 Å². The Morgan fingerprint density at radius 1 is 1.15 bits per heavy atom. The van der Waals surface area contributed by atoms with E-state index < -0.39 is 29.1 Å². The molecular formula is C20H20O6. The van der Waals surface area contributed by atoms with E-state index in [1.54, 1.807) is 12.1 Å². The van der Waals surface area contributed by atoms with Crippen molar-refractivity contribution in [1.29, 1.82) is 0 Å². The predicted molar refractivity (Wildman–Crippen MR) is 95.0 cm³/mol. The summed E-state index contributed by atoms with van der Waals surface area (Å²) >= 11 is 0. The molecule has 0 saturated carbocycles. The van der Waals surface area contributed by atoms with Gasteiger partial charge in [-0.05, 0) is 43.0 Å². The average molecular weight is 356 g/mol. The molecule has 0 amide bonds. The van der Waals surface area contributed by atoms with E-state index in [2.05, 4.69) is 6.58 Å². The first-order valence-electron chi connectivity index (χ1n) is 8.21. The fraction of sp³-hybridized carbons (Fsp3) is 0.250. The first-order chi connectivity index (χ1) is 12.3. The maximum atomic E-state index is 12.4. The lowest BCUT2D eigenvalue weighted by molar-refractivity contribution is 0.0836. The van der Waals surface area contributed by atoms with Crippen LogP contribution in [0.2, 0.25) is 0 Å². The van der Waals surface area contributed by atoms with Crippen LogP contribution in [0.4, 0.5) is 0 Å². The Kier molecular flexibility index (Phi) is 4.50. The number of ketones is 1. The smallest absolute Gasteiger partial charge is 0.201 e. The number of phenols is 4. The first-order valence-corrected chi connectivity index (χ1v) is 8.21. The molecule has 6 nitrogen and oxygen atoms in total. The number of Topliss-reactive ketones (excluding diaryl/α,β-unsaturated/α-hetero) is 1. The predicted octanol–water partition coefficient (Wildman–Crippen LogP) is 3.72. The van der Waals surface area contributed by atoms with Gasteiger partial charge in [-0.15, -0.1) is 6.58 Å². The maximum absolute atomic E-state index is 12.4. The number of aromatic hydroxyl groups is 4. The highest BCUT2D eigenvalue weighted by Crippen LogP contribution is 2.49. The van der Waals surface area contributed by atoms with Gasteiger partial charge in [0, 0.05) is 6.07 Å². The van der Waals surface area contributed by atoms with E-state index in [1.165, 1.54) is 6.07 Å². The van der Waals surface area contributed by atoms with Gasteiger partial charge in [0.05, 0.1) is 6.42 Å². The van der Waals surface area contributed by atoms with Crippen molar-refractivity contribution in [1.82, 2.24) is 0 Å². The van der Waals surface area contributed by atoms with Gasteiger partial charge < -0.3 is 25.2 Å². The number of benzene rings is 2. The lowest BCUT2D eigenvalue weighted by Gasteiger charge is -2.27. The molecule has 1 unspecified atom stereocenters. The highest BCUT2D eigenvalue weighted by atomic mass is 16.5. The summed E-state index contributed by atoms with van der Waals surface area (Å²) in [6.07, 6.45) is 0.577. The monoisotopic (exact) mass is 356 g/mol. The van der Waals surface area contributed by atoms with Crippen LogP contribution >= 0.6 is 0 Å². The molecule has 0 aromatic heterocycles. The number of rotatable bonds is 4. The molecule has 2 aromatic carbocycles. The molecule has 26 heavy (non-hydrogen) atoms. The van der Waals surface area contributed by atoms with Crippen LogP contribution in [-0.2, 0) is 6.42 Å². The highest BCUT2D eigenvalue weighted by molar-refractivity contribution is 6.03. The first kappa shape index (κ1) is 17.7. The minimum atomic E-state index is -0.703. The standard InChI is InChI=1S/C20H20O6/c1-10(2)3-4-11-7-12(5-6-13(11)21)17-9-15(23)18-14(22)8-16(24)19(25)20(18)26-17/h5-8,17,21-22,24-25H,1,3-4,9H2,2H3. The minimum Gasteiger partial charge on any atom is -0.508 e. The van der Waals surface area contributed by atoms with Gasteiger partial charge in [0.2, 0.25) is 5.75 Å². The van der Waals surface area contributed by atoms with Crippen LogP contribution in [0.3, 0.4) is 0 Å². The number of allylic oxidation sites excluding steroid dienone is 1. The van der Waals surface area contributed by atoms with Gasteiger partial charge in [-0.1, -0.05) is 11.6 Å². The zero-order valence-corrected chi connectivity index (χ0v) is 14.3. The SMILES string of the molecule is C=C(C)CCc1cc(C2CC(=O)c3c(O)cc(O)c(O)c3O2)ccc1O. The van der Waals surface area contributed by atoms with Crippen molar-refractivity contribution in [3.05, 3.63) is 53.1 Å². The van der Waals surface area contributed by atoms with Crippen molar-refractivity contribution in [2.24, 2.45) is 0 Å². The van der Waals surface area contributed by atoms with E-state index in [0.29, 0.717) is 24.0 Å². The summed E-state index contributed by atoms with van der Waals surface area (Å²) in [6, 6.07) is 5.83. The molecule has 1 heterocycles. The molecule has 0 aliphatic carbocycles. The number of phenolic OH excluding ortho intramolecular Hbond substituents is 4. The molecule has 0 radical (unpaired) electrons. The molecule has 4 N–H and O–H groups in total. The lowest BCUT2D eigenvalue weighted by Crippen LogP contribution is -2.20.